The second-order valence-corrected chi connectivity index (χ2v) is 5.58. The third-order valence-electron chi connectivity index (χ3n) is 4.00. The lowest BCUT2D eigenvalue weighted by atomic mass is 9.92. The molecule has 3 heterocycles. The lowest BCUT2D eigenvalue weighted by Crippen LogP contribution is -2.54. The highest BCUT2D eigenvalue weighted by Gasteiger charge is 2.32. The molecule has 0 saturated carbocycles. The number of aryl methyl sites for hydroxylation is 1. The monoisotopic (exact) mass is 300 g/mol. The fraction of sp³-hybridized carbons (Fsp3) is 0.769. The minimum absolute atomic E-state index is 0. The van der Waals surface area contributed by atoms with E-state index in [1.54, 1.807) is 6.92 Å². The number of amides is 1. The molecule has 0 spiro atoms. The molecule has 2 aliphatic heterocycles. The molecule has 0 aromatic carbocycles. The smallest absolute Gasteiger partial charge is 0.228 e. The van der Waals surface area contributed by atoms with Crippen LogP contribution >= 0.6 is 12.4 Å². The van der Waals surface area contributed by atoms with E-state index in [0.717, 1.165) is 51.3 Å². The molecular formula is C13H21ClN4O2. The molecule has 2 aliphatic rings. The zero-order valence-electron chi connectivity index (χ0n) is 11.7. The van der Waals surface area contributed by atoms with Gasteiger partial charge < -0.3 is 14.7 Å². The fourth-order valence-corrected chi connectivity index (χ4v) is 2.84. The summed E-state index contributed by atoms with van der Waals surface area (Å²) in [4.78, 5) is 18.5. The molecule has 1 N–H and O–H groups in total. The first-order valence-electron chi connectivity index (χ1n) is 7.01. The molecule has 7 heteroatoms. The van der Waals surface area contributed by atoms with Gasteiger partial charge in [-0.25, -0.2) is 0 Å². The Morgan fingerprint density at radius 2 is 2.30 bits per heavy atom. The van der Waals surface area contributed by atoms with E-state index in [9.17, 15) is 4.79 Å². The van der Waals surface area contributed by atoms with Crippen LogP contribution in [-0.4, -0.2) is 47.1 Å². The second-order valence-electron chi connectivity index (χ2n) is 5.58. The summed E-state index contributed by atoms with van der Waals surface area (Å²) in [7, 11) is 0. The van der Waals surface area contributed by atoms with Crippen molar-refractivity contribution in [1.29, 1.82) is 0 Å². The average molecular weight is 301 g/mol. The van der Waals surface area contributed by atoms with Gasteiger partial charge in [0.05, 0.1) is 5.92 Å². The molecule has 1 aromatic rings. The number of piperidine rings is 1. The van der Waals surface area contributed by atoms with Gasteiger partial charge in [-0.3, -0.25) is 4.79 Å². The number of hydrogen-bond acceptors (Lipinski definition) is 5. The molecule has 0 aliphatic carbocycles. The Balaban J connectivity index is 0.00000147. The number of hydrogen-bond donors (Lipinski definition) is 1. The quantitative estimate of drug-likeness (QED) is 0.894. The topological polar surface area (TPSA) is 71.3 Å². The molecule has 2 saturated heterocycles. The summed E-state index contributed by atoms with van der Waals surface area (Å²) in [6.45, 7) is 5.21. The van der Waals surface area contributed by atoms with Crippen molar-refractivity contribution in [2.75, 3.05) is 26.2 Å². The van der Waals surface area contributed by atoms with Crippen molar-refractivity contribution in [1.82, 2.24) is 20.4 Å². The Hall–Kier alpha value is -1.14. The molecule has 20 heavy (non-hydrogen) atoms. The summed E-state index contributed by atoms with van der Waals surface area (Å²) in [5.74, 6) is 2.35. The van der Waals surface area contributed by atoms with Crippen LogP contribution in [0.1, 0.15) is 24.6 Å². The van der Waals surface area contributed by atoms with Gasteiger partial charge in [-0.1, -0.05) is 5.16 Å². The van der Waals surface area contributed by atoms with Crippen molar-refractivity contribution >= 4 is 18.3 Å². The third-order valence-corrected chi connectivity index (χ3v) is 4.00. The molecule has 1 atom stereocenters. The van der Waals surface area contributed by atoms with Gasteiger partial charge in [-0.05, 0) is 18.8 Å². The molecule has 3 rings (SSSR count). The van der Waals surface area contributed by atoms with E-state index in [2.05, 4.69) is 15.5 Å². The van der Waals surface area contributed by atoms with Crippen molar-refractivity contribution in [3.63, 3.8) is 0 Å². The first-order valence-corrected chi connectivity index (χ1v) is 7.01. The van der Waals surface area contributed by atoms with Crippen molar-refractivity contribution in [2.45, 2.75) is 26.2 Å². The zero-order valence-corrected chi connectivity index (χ0v) is 12.5. The van der Waals surface area contributed by atoms with Crippen molar-refractivity contribution < 1.29 is 9.32 Å². The van der Waals surface area contributed by atoms with Gasteiger partial charge >= 0.3 is 0 Å². The van der Waals surface area contributed by atoms with Crippen LogP contribution in [0, 0.1) is 18.8 Å². The SMILES string of the molecule is Cc1nc(CC2CCCN(C(=O)C3CNC3)C2)no1.Cl. The van der Waals surface area contributed by atoms with Crippen LogP contribution < -0.4 is 5.32 Å². The Morgan fingerprint density at radius 3 is 2.90 bits per heavy atom. The lowest BCUT2D eigenvalue weighted by Gasteiger charge is -2.37. The largest absolute Gasteiger partial charge is 0.342 e. The maximum absolute atomic E-state index is 12.2. The van der Waals surface area contributed by atoms with Gasteiger partial charge in [-0.2, -0.15) is 4.98 Å². The van der Waals surface area contributed by atoms with Gasteiger partial charge in [0.25, 0.3) is 0 Å². The van der Waals surface area contributed by atoms with E-state index in [-0.39, 0.29) is 18.3 Å². The van der Waals surface area contributed by atoms with E-state index >= 15 is 0 Å². The number of aromatic nitrogens is 2. The van der Waals surface area contributed by atoms with E-state index in [1.807, 2.05) is 4.90 Å². The van der Waals surface area contributed by atoms with Gasteiger partial charge in [0.15, 0.2) is 5.82 Å². The van der Waals surface area contributed by atoms with Gasteiger partial charge in [-0.15, -0.1) is 12.4 Å². The summed E-state index contributed by atoms with van der Waals surface area (Å²) in [6.07, 6.45) is 3.03. The van der Waals surface area contributed by atoms with Crippen LogP contribution in [0.2, 0.25) is 0 Å². The van der Waals surface area contributed by atoms with Crippen LogP contribution in [0.25, 0.3) is 0 Å². The summed E-state index contributed by atoms with van der Waals surface area (Å²) >= 11 is 0. The standard InChI is InChI=1S/C13H20N4O2.ClH/c1-9-15-12(16-19-9)5-10-3-2-4-17(8-10)13(18)11-6-14-7-11;/h10-11,14H,2-8H2,1H3;1H. The lowest BCUT2D eigenvalue weighted by molar-refractivity contribution is -0.138. The minimum Gasteiger partial charge on any atom is -0.342 e. The van der Waals surface area contributed by atoms with E-state index < -0.39 is 0 Å². The Bertz CT molecular complexity index is 461. The maximum atomic E-state index is 12.2. The number of carbonyl (C=O) groups excluding carboxylic acids is 1. The van der Waals surface area contributed by atoms with Crippen molar-refractivity contribution in [3.8, 4) is 0 Å². The maximum Gasteiger partial charge on any atom is 0.228 e. The number of carbonyl (C=O) groups is 1. The van der Waals surface area contributed by atoms with Crippen LogP contribution in [-0.2, 0) is 11.2 Å². The summed E-state index contributed by atoms with van der Waals surface area (Å²) in [6, 6.07) is 0. The van der Waals surface area contributed by atoms with Gasteiger partial charge in [0, 0.05) is 39.5 Å². The molecule has 0 radical (unpaired) electrons. The van der Waals surface area contributed by atoms with Crippen LogP contribution in [0.4, 0.5) is 0 Å². The molecule has 2 fully saturated rings. The summed E-state index contributed by atoms with van der Waals surface area (Å²) in [5, 5.41) is 7.10. The first-order chi connectivity index (χ1) is 9.22. The molecular weight excluding hydrogens is 280 g/mol. The van der Waals surface area contributed by atoms with Crippen molar-refractivity contribution in [3.05, 3.63) is 11.7 Å². The predicted octanol–water partition coefficient (Wildman–Crippen LogP) is 0.800. The first kappa shape index (κ1) is 15.3. The fourth-order valence-electron chi connectivity index (χ4n) is 2.84. The number of likely N-dealkylation sites (tertiary alicyclic amines) is 1. The number of rotatable bonds is 3. The molecule has 6 nitrogen and oxygen atoms in total. The average Bonchev–Trinajstić information content (AvgIpc) is 2.73. The molecule has 0 bridgehead atoms. The zero-order chi connectivity index (χ0) is 13.2. The van der Waals surface area contributed by atoms with E-state index in [4.69, 9.17) is 4.52 Å². The van der Waals surface area contributed by atoms with Gasteiger partial charge in [0.2, 0.25) is 11.8 Å². The number of halogens is 1. The Morgan fingerprint density at radius 1 is 1.50 bits per heavy atom. The summed E-state index contributed by atoms with van der Waals surface area (Å²) in [5.41, 5.74) is 0. The Labute approximate surface area is 124 Å². The third kappa shape index (κ3) is 3.30. The normalized spacial score (nSPS) is 23.1. The minimum atomic E-state index is 0. The molecule has 112 valence electrons. The van der Waals surface area contributed by atoms with Crippen LogP contribution in [0.5, 0.6) is 0 Å². The predicted molar refractivity (Wildman–Crippen MR) is 75.7 cm³/mol. The van der Waals surface area contributed by atoms with Gasteiger partial charge in [0.1, 0.15) is 0 Å². The summed E-state index contributed by atoms with van der Waals surface area (Å²) < 4.78 is 5.00. The van der Waals surface area contributed by atoms with E-state index in [0.29, 0.717) is 17.7 Å². The number of nitrogens with zero attached hydrogens (tertiary/aromatic N) is 3. The number of nitrogens with one attached hydrogen (secondary N) is 1. The van der Waals surface area contributed by atoms with Crippen LogP contribution in [0.15, 0.2) is 4.52 Å². The Kier molecular flexibility index (Phi) is 4.99. The highest BCUT2D eigenvalue weighted by Crippen LogP contribution is 2.22. The molecule has 1 amide bonds. The van der Waals surface area contributed by atoms with Crippen LogP contribution in [0.3, 0.4) is 0 Å². The van der Waals surface area contributed by atoms with E-state index in [1.165, 1.54) is 0 Å². The highest BCUT2D eigenvalue weighted by atomic mass is 35.5. The van der Waals surface area contributed by atoms with Crippen molar-refractivity contribution in [2.24, 2.45) is 11.8 Å². The highest BCUT2D eigenvalue weighted by molar-refractivity contribution is 5.85. The molecule has 1 unspecified atom stereocenters. The molecule has 1 aromatic heterocycles. The second kappa shape index (κ2) is 6.54.